The van der Waals surface area contributed by atoms with Crippen LogP contribution in [0.3, 0.4) is 0 Å². The van der Waals surface area contributed by atoms with E-state index in [1.807, 2.05) is 27.7 Å². The van der Waals surface area contributed by atoms with Crippen molar-refractivity contribution in [2.24, 2.45) is 11.8 Å². The van der Waals surface area contributed by atoms with E-state index in [-0.39, 0.29) is 31.6 Å². The number of carbonyl (C=O) groups is 3. The minimum atomic E-state index is -1.12. The van der Waals surface area contributed by atoms with E-state index < -0.39 is 40.6 Å². The number of allylic oxidation sites excluding steroid dienone is 1. The molecule has 0 aliphatic carbocycles. The third kappa shape index (κ3) is 4.09. The van der Waals surface area contributed by atoms with Crippen LogP contribution >= 0.6 is 0 Å². The molecule has 2 bridgehead atoms. The molecule has 3 aliphatic heterocycles. The van der Waals surface area contributed by atoms with Crippen LogP contribution < -0.4 is 0 Å². The van der Waals surface area contributed by atoms with Gasteiger partial charge in [-0.25, -0.2) is 0 Å². The number of fused-ring (bicyclic) bond motifs is 1. The largest absolute Gasteiger partial charge is 0.465 e. The van der Waals surface area contributed by atoms with Gasteiger partial charge in [-0.3, -0.25) is 14.4 Å². The van der Waals surface area contributed by atoms with Gasteiger partial charge >= 0.3 is 5.97 Å². The highest BCUT2D eigenvalue weighted by Crippen LogP contribution is 2.64. The van der Waals surface area contributed by atoms with Crippen LogP contribution in [0, 0.1) is 11.8 Å². The highest BCUT2D eigenvalue weighted by molar-refractivity contribution is 5.98. The van der Waals surface area contributed by atoms with E-state index >= 15 is 0 Å². The molecule has 3 heterocycles. The monoisotopic (exact) mass is 476 g/mol. The molecular formula is C26H40N2O6. The molecule has 0 saturated carbocycles. The molecule has 3 fully saturated rings. The average Bonchev–Trinajstić information content (AvgIpc) is 3.38. The molecule has 8 nitrogen and oxygen atoms in total. The summed E-state index contributed by atoms with van der Waals surface area (Å²) in [7, 11) is 0. The van der Waals surface area contributed by atoms with Crippen molar-refractivity contribution in [3.63, 3.8) is 0 Å². The lowest BCUT2D eigenvalue weighted by atomic mass is 9.65. The topological polar surface area (TPSA) is 96.4 Å². The Morgan fingerprint density at radius 2 is 2.00 bits per heavy atom. The van der Waals surface area contributed by atoms with Gasteiger partial charge in [-0.2, -0.15) is 0 Å². The molecule has 0 radical (unpaired) electrons. The first kappa shape index (κ1) is 26.4. The zero-order chi connectivity index (χ0) is 25.3. The van der Waals surface area contributed by atoms with E-state index in [4.69, 9.17) is 9.47 Å². The molecule has 0 aromatic heterocycles. The van der Waals surface area contributed by atoms with Gasteiger partial charge in [0.05, 0.1) is 24.7 Å². The Kier molecular flexibility index (Phi) is 7.63. The number of ether oxygens (including phenoxy) is 2. The number of hydrogen-bond acceptors (Lipinski definition) is 6. The molecule has 5 atom stereocenters. The van der Waals surface area contributed by atoms with E-state index in [0.717, 1.165) is 6.42 Å². The summed E-state index contributed by atoms with van der Waals surface area (Å²) in [6.07, 6.45) is 6.44. The number of aliphatic hydroxyl groups is 1. The smallest absolute Gasteiger partial charge is 0.312 e. The Balaban J connectivity index is 2.03. The van der Waals surface area contributed by atoms with Crippen molar-refractivity contribution in [2.45, 2.75) is 82.6 Å². The standard InChI is InChI=1S/C26H40N2O6/c1-7-10-11-17-33-23(32)19-18-21(30)27(15-16-29)20(22(31)28(14-8-2)24(4,5)6)26(18)13-12-25(19,9-3)34-26/h7-8,18-20,29H,1-2,9-17H2,3-6H3/t18-,19-,20?,25+,26?/m0/s1. The first-order valence-corrected chi connectivity index (χ1v) is 12.4. The molecule has 1 spiro atoms. The lowest BCUT2D eigenvalue weighted by molar-refractivity contribution is -0.163. The number of rotatable bonds is 11. The number of esters is 1. The normalized spacial score (nSPS) is 32.0. The summed E-state index contributed by atoms with van der Waals surface area (Å²) in [5.41, 5.74) is -2.46. The van der Waals surface area contributed by atoms with E-state index in [0.29, 0.717) is 32.2 Å². The zero-order valence-electron chi connectivity index (χ0n) is 21.0. The van der Waals surface area contributed by atoms with Gasteiger partial charge in [0.25, 0.3) is 0 Å². The summed E-state index contributed by atoms with van der Waals surface area (Å²) in [4.78, 5) is 44.3. The van der Waals surface area contributed by atoms with E-state index in [1.54, 1.807) is 17.1 Å². The van der Waals surface area contributed by atoms with Crippen LogP contribution in [0.1, 0.15) is 59.8 Å². The average molecular weight is 477 g/mol. The zero-order valence-corrected chi connectivity index (χ0v) is 21.0. The second-order valence-electron chi connectivity index (χ2n) is 10.6. The molecular weight excluding hydrogens is 436 g/mol. The summed E-state index contributed by atoms with van der Waals surface area (Å²) in [6, 6.07) is -0.914. The molecule has 190 valence electrons. The van der Waals surface area contributed by atoms with Gasteiger partial charge in [-0.1, -0.05) is 19.1 Å². The fraction of sp³-hybridized carbons (Fsp3) is 0.731. The molecule has 2 amide bonds. The molecule has 3 aliphatic rings. The SMILES string of the molecule is C=CCCCOC(=O)[C@@H]1[C@H]2C(=O)N(CCO)C(C(=O)N(CC=C)C(C)(C)C)C23CC[C@@]1(CC)O3. The molecule has 1 N–H and O–H groups in total. The first-order chi connectivity index (χ1) is 16.0. The van der Waals surface area contributed by atoms with E-state index in [2.05, 4.69) is 13.2 Å². The Hall–Kier alpha value is -2.19. The predicted octanol–water partition coefficient (Wildman–Crippen LogP) is 2.46. The summed E-state index contributed by atoms with van der Waals surface area (Å²) >= 11 is 0. The van der Waals surface area contributed by atoms with E-state index in [1.165, 1.54) is 4.90 Å². The maximum atomic E-state index is 14.0. The van der Waals surface area contributed by atoms with Crippen molar-refractivity contribution in [3.05, 3.63) is 25.3 Å². The van der Waals surface area contributed by atoms with Crippen LogP contribution in [-0.4, -0.2) is 81.8 Å². The van der Waals surface area contributed by atoms with Crippen LogP contribution in [0.4, 0.5) is 0 Å². The fourth-order valence-electron chi connectivity index (χ4n) is 6.17. The minimum absolute atomic E-state index is 0.00312. The predicted molar refractivity (Wildman–Crippen MR) is 128 cm³/mol. The van der Waals surface area contributed by atoms with Crippen molar-refractivity contribution < 1.29 is 29.0 Å². The minimum Gasteiger partial charge on any atom is -0.465 e. The van der Waals surface area contributed by atoms with Crippen molar-refractivity contribution >= 4 is 17.8 Å². The lowest BCUT2D eigenvalue weighted by Gasteiger charge is -2.42. The molecule has 3 rings (SSSR count). The summed E-state index contributed by atoms with van der Waals surface area (Å²) in [5.74, 6) is -2.59. The third-order valence-electron chi connectivity index (χ3n) is 7.69. The fourth-order valence-corrected chi connectivity index (χ4v) is 6.17. The van der Waals surface area contributed by atoms with E-state index in [9.17, 15) is 19.5 Å². The Labute approximate surface area is 202 Å². The highest BCUT2D eigenvalue weighted by Gasteiger charge is 2.79. The number of aliphatic hydroxyl groups excluding tert-OH is 1. The second-order valence-corrected chi connectivity index (χ2v) is 10.6. The van der Waals surface area contributed by atoms with Crippen molar-refractivity contribution in [3.8, 4) is 0 Å². The molecule has 34 heavy (non-hydrogen) atoms. The summed E-state index contributed by atoms with van der Waals surface area (Å²) < 4.78 is 12.3. The first-order valence-electron chi connectivity index (χ1n) is 12.4. The second kappa shape index (κ2) is 9.82. The highest BCUT2D eigenvalue weighted by atomic mass is 16.6. The number of likely N-dealkylation sites (tertiary alicyclic amines) is 1. The van der Waals surface area contributed by atoms with Gasteiger partial charge in [0.2, 0.25) is 11.8 Å². The van der Waals surface area contributed by atoms with Gasteiger partial charge < -0.3 is 24.4 Å². The maximum Gasteiger partial charge on any atom is 0.312 e. The summed E-state index contributed by atoms with van der Waals surface area (Å²) in [5, 5.41) is 9.74. The molecule has 0 aromatic rings. The molecule has 0 aromatic carbocycles. The quantitative estimate of drug-likeness (QED) is 0.280. The number of nitrogens with zero attached hydrogens (tertiary/aromatic N) is 2. The van der Waals surface area contributed by atoms with Gasteiger partial charge in [-0.05, 0) is 52.9 Å². The lowest BCUT2D eigenvalue weighted by Crippen LogP contribution is -2.60. The van der Waals surface area contributed by atoms with Crippen molar-refractivity contribution in [2.75, 3.05) is 26.3 Å². The number of hydrogen-bond donors (Lipinski definition) is 1. The Morgan fingerprint density at radius 3 is 2.56 bits per heavy atom. The molecule has 2 unspecified atom stereocenters. The number of unbranched alkanes of at least 4 members (excludes halogenated alkanes) is 1. The van der Waals surface area contributed by atoms with Crippen LogP contribution in [0.15, 0.2) is 25.3 Å². The number of β-amino-alcohol motifs (C(OH)–C–C–N with tert-alkyl or cyclic N) is 1. The Morgan fingerprint density at radius 1 is 1.29 bits per heavy atom. The summed E-state index contributed by atoms with van der Waals surface area (Å²) in [6.45, 7) is 15.5. The molecule has 3 saturated heterocycles. The van der Waals surface area contributed by atoms with Crippen molar-refractivity contribution in [1.29, 1.82) is 0 Å². The third-order valence-corrected chi connectivity index (χ3v) is 7.69. The van der Waals surface area contributed by atoms with Gasteiger partial charge in [0.1, 0.15) is 17.6 Å². The van der Waals surface area contributed by atoms with Gasteiger partial charge in [0, 0.05) is 18.6 Å². The van der Waals surface area contributed by atoms with Gasteiger partial charge in [0.15, 0.2) is 0 Å². The number of amides is 2. The van der Waals surface area contributed by atoms with Crippen LogP contribution in [0.5, 0.6) is 0 Å². The maximum absolute atomic E-state index is 14.0. The number of carbonyl (C=O) groups excluding carboxylic acids is 3. The van der Waals surface area contributed by atoms with Crippen LogP contribution in [0.2, 0.25) is 0 Å². The van der Waals surface area contributed by atoms with Crippen molar-refractivity contribution in [1.82, 2.24) is 9.80 Å². The van der Waals surface area contributed by atoms with Gasteiger partial charge in [-0.15, -0.1) is 13.2 Å². The Bertz CT molecular complexity index is 836. The van der Waals surface area contributed by atoms with Crippen LogP contribution in [0.25, 0.3) is 0 Å². The molecule has 8 heteroatoms. The van der Waals surface area contributed by atoms with Crippen LogP contribution in [-0.2, 0) is 23.9 Å².